The molecule has 126 valence electrons. The molecule has 0 atom stereocenters. The Morgan fingerprint density at radius 3 is 2.38 bits per heavy atom. The molecule has 0 spiro atoms. The van der Waals surface area contributed by atoms with Crippen molar-refractivity contribution < 1.29 is 13.2 Å². The van der Waals surface area contributed by atoms with Crippen LogP contribution in [0.15, 0.2) is 64.5 Å². The molecular formula is C17H17BrN2O3S. The van der Waals surface area contributed by atoms with Gasteiger partial charge in [0.05, 0.1) is 6.54 Å². The zero-order valence-electron chi connectivity index (χ0n) is 13.0. The van der Waals surface area contributed by atoms with Crippen LogP contribution in [0.3, 0.4) is 0 Å². The quantitative estimate of drug-likeness (QED) is 0.796. The number of likely N-dealkylation sites (N-methyl/N-ethyl adjacent to an activating group) is 1. The lowest BCUT2D eigenvalue weighted by atomic mass is 10.2. The fourth-order valence-electron chi connectivity index (χ4n) is 1.86. The number of hydrogen-bond acceptors (Lipinski definition) is 3. The molecule has 0 bridgehead atoms. The number of anilines is 1. The molecular weight excluding hydrogens is 392 g/mol. The number of halogens is 1. The summed E-state index contributed by atoms with van der Waals surface area (Å²) >= 11 is 3.31. The smallest absolute Gasteiger partial charge is 0.239 e. The summed E-state index contributed by atoms with van der Waals surface area (Å²) in [7, 11) is -2.30. The molecule has 24 heavy (non-hydrogen) atoms. The number of benzene rings is 2. The average Bonchev–Trinajstić information content (AvgIpc) is 2.56. The predicted octanol–water partition coefficient (Wildman–Crippen LogP) is 3.32. The number of carbonyl (C=O) groups excluding carboxylic acids is 1. The minimum Gasteiger partial charge on any atom is -0.325 e. The van der Waals surface area contributed by atoms with E-state index in [1.54, 1.807) is 36.4 Å². The molecule has 2 aromatic rings. The molecule has 0 aliphatic heterocycles. The fraction of sp³-hybridized carbons (Fsp3) is 0.118. The third-order valence-electron chi connectivity index (χ3n) is 3.16. The first kappa shape index (κ1) is 18.4. The van der Waals surface area contributed by atoms with Gasteiger partial charge in [-0.2, -0.15) is 4.31 Å². The van der Waals surface area contributed by atoms with E-state index in [2.05, 4.69) is 21.2 Å². The summed E-state index contributed by atoms with van der Waals surface area (Å²) in [5.74, 6) is -0.406. The molecule has 0 aliphatic rings. The van der Waals surface area contributed by atoms with E-state index in [0.29, 0.717) is 5.69 Å². The zero-order chi connectivity index (χ0) is 17.6. The van der Waals surface area contributed by atoms with Crippen molar-refractivity contribution >= 4 is 43.6 Å². The molecule has 7 heteroatoms. The fourth-order valence-corrected chi connectivity index (χ4v) is 2.96. The van der Waals surface area contributed by atoms with E-state index < -0.39 is 15.9 Å². The number of amides is 1. The third-order valence-corrected chi connectivity index (χ3v) is 5.17. The molecule has 1 N–H and O–H groups in total. The molecule has 0 aliphatic carbocycles. The van der Waals surface area contributed by atoms with Gasteiger partial charge in [-0.25, -0.2) is 8.42 Å². The van der Waals surface area contributed by atoms with Crippen molar-refractivity contribution in [3.05, 3.63) is 70.0 Å². The van der Waals surface area contributed by atoms with Gasteiger partial charge in [0.25, 0.3) is 0 Å². The number of nitrogens with one attached hydrogen (secondary N) is 1. The standard InChI is InChI=1S/C17H17BrN2O3S/c1-20(13-17(21)19-16-9-7-15(18)8-10-16)24(22,23)12-11-14-5-3-2-4-6-14/h2-12H,13H2,1H3,(H,19,21)/b12-11+. The van der Waals surface area contributed by atoms with Gasteiger partial charge in [-0.15, -0.1) is 0 Å². The summed E-state index contributed by atoms with van der Waals surface area (Å²) < 4.78 is 26.3. The largest absolute Gasteiger partial charge is 0.325 e. The summed E-state index contributed by atoms with van der Waals surface area (Å²) in [6, 6.07) is 16.1. The van der Waals surface area contributed by atoms with Crippen LogP contribution in [-0.4, -0.2) is 32.2 Å². The Morgan fingerprint density at radius 2 is 1.75 bits per heavy atom. The summed E-state index contributed by atoms with van der Waals surface area (Å²) in [6.07, 6.45) is 1.50. The molecule has 0 saturated carbocycles. The Kier molecular flexibility index (Phi) is 6.30. The first-order chi connectivity index (χ1) is 11.4. The normalized spacial score (nSPS) is 11.8. The first-order valence-corrected chi connectivity index (χ1v) is 9.41. The SMILES string of the molecule is CN(CC(=O)Nc1ccc(Br)cc1)S(=O)(=O)/C=C/c1ccccc1. The van der Waals surface area contributed by atoms with Crippen LogP contribution in [0.2, 0.25) is 0 Å². The molecule has 2 rings (SSSR count). The van der Waals surface area contributed by atoms with Crippen molar-refractivity contribution in [3.8, 4) is 0 Å². The lowest BCUT2D eigenvalue weighted by molar-refractivity contribution is -0.116. The number of carbonyl (C=O) groups is 1. The second-order valence-electron chi connectivity index (χ2n) is 5.07. The molecule has 0 fully saturated rings. The van der Waals surface area contributed by atoms with Crippen molar-refractivity contribution in [1.29, 1.82) is 0 Å². The molecule has 0 heterocycles. The maximum absolute atomic E-state index is 12.2. The predicted molar refractivity (Wildman–Crippen MR) is 99.8 cm³/mol. The third kappa shape index (κ3) is 5.59. The van der Waals surface area contributed by atoms with Gasteiger partial charge in [0.2, 0.25) is 15.9 Å². The molecule has 2 aromatic carbocycles. The van der Waals surface area contributed by atoms with Crippen LogP contribution in [0, 0.1) is 0 Å². The topological polar surface area (TPSA) is 66.5 Å². The summed E-state index contributed by atoms with van der Waals surface area (Å²) in [5.41, 5.74) is 1.38. The van der Waals surface area contributed by atoms with Gasteiger partial charge < -0.3 is 5.32 Å². The minimum absolute atomic E-state index is 0.266. The Bertz CT molecular complexity index is 819. The van der Waals surface area contributed by atoms with Gasteiger partial charge in [0, 0.05) is 22.6 Å². The van der Waals surface area contributed by atoms with E-state index in [1.165, 1.54) is 13.1 Å². The Hall–Kier alpha value is -1.96. The molecule has 0 radical (unpaired) electrons. The highest BCUT2D eigenvalue weighted by Gasteiger charge is 2.17. The van der Waals surface area contributed by atoms with Crippen molar-refractivity contribution in [1.82, 2.24) is 4.31 Å². The van der Waals surface area contributed by atoms with Gasteiger partial charge in [0.15, 0.2) is 0 Å². The van der Waals surface area contributed by atoms with E-state index in [-0.39, 0.29) is 6.54 Å². The lowest BCUT2D eigenvalue weighted by Gasteiger charge is -2.14. The molecule has 0 saturated heterocycles. The van der Waals surface area contributed by atoms with Crippen molar-refractivity contribution in [3.63, 3.8) is 0 Å². The van der Waals surface area contributed by atoms with Crippen LogP contribution in [0.5, 0.6) is 0 Å². The minimum atomic E-state index is -3.67. The second kappa shape index (κ2) is 8.23. The van der Waals surface area contributed by atoms with Crippen molar-refractivity contribution in [2.75, 3.05) is 18.9 Å². The van der Waals surface area contributed by atoms with Gasteiger partial charge in [0.1, 0.15) is 0 Å². The first-order valence-electron chi connectivity index (χ1n) is 7.12. The number of sulfonamides is 1. The van der Waals surface area contributed by atoms with Gasteiger partial charge >= 0.3 is 0 Å². The zero-order valence-corrected chi connectivity index (χ0v) is 15.4. The van der Waals surface area contributed by atoms with Crippen molar-refractivity contribution in [2.45, 2.75) is 0 Å². The number of hydrogen-bond donors (Lipinski definition) is 1. The van der Waals surface area contributed by atoms with Crippen molar-refractivity contribution in [2.24, 2.45) is 0 Å². The highest BCUT2D eigenvalue weighted by atomic mass is 79.9. The van der Waals surface area contributed by atoms with E-state index in [9.17, 15) is 13.2 Å². The highest BCUT2D eigenvalue weighted by Crippen LogP contribution is 2.14. The second-order valence-corrected chi connectivity index (χ2v) is 7.91. The molecule has 0 unspecified atom stereocenters. The summed E-state index contributed by atoms with van der Waals surface area (Å²) in [6.45, 7) is -0.266. The summed E-state index contributed by atoms with van der Waals surface area (Å²) in [4.78, 5) is 12.0. The Morgan fingerprint density at radius 1 is 1.12 bits per heavy atom. The van der Waals surface area contributed by atoms with Gasteiger partial charge in [-0.05, 0) is 35.9 Å². The average molecular weight is 409 g/mol. The highest BCUT2D eigenvalue weighted by molar-refractivity contribution is 9.10. The Balaban J connectivity index is 1.97. The molecule has 0 aromatic heterocycles. The Labute approximate surface area is 150 Å². The molecule has 5 nitrogen and oxygen atoms in total. The van der Waals surface area contributed by atoms with E-state index in [0.717, 1.165) is 19.7 Å². The number of rotatable bonds is 6. The molecule has 1 amide bonds. The van der Waals surface area contributed by atoms with Crippen LogP contribution in [0.1, 0.15) is 5.56 Å². The van der Waals surface area contributed by atoms with Crippen LogP contribution in [-0.2, 0) is 14.8 Å². The maximum Gasteiger partial charge on any atom is 0.239 e. The van der Waals surface area contributed by atoms with E-state index in [1.807, 2.05) is 18.2 Å². The van der Waals surface area contributed by atoms with E-state index >= 15 is 0 Å². The van der Waals surface area contributed by atoms with Crippen LogP contribution in [0.4, 0.5) is 5.69 Å². The lowest BCUT2D eigenvalue weighted by Crippen LogP contribution is -2.33. The van der Waals surface area contributed by atoms with Crippen LogP contribution in [0.25, 0.3) is 6.08 Å². The van der Waals surface area contributed by atoms with Crippen LogP contribution >= 0.6 is 15.9 Å². The monoisotopic (exact) mass is 408 g/mol. The van der Waals surface area contributed by atoms with E-state index in [4.69, 9.17) is 0 Å². The van der Waals surface area contributed by atoms with Gasteiger partial charge in [-0.3, -0.25) is 4.79 Å². The summed E-state index contributed by atoms with van der Waals surface area (Å²) in [5, 5.41) is 3.75. The van der Waals surface area contributed by atoms with Crippen LogP contribution < -0.4 is 5.32 Å². The van der Waals surface area contributed by atoms with Gasteiger partial charge in [-0.1, -0.05) is 46.3 Å². The maximum atomic E-state index is 12.2. The number of nitrogens with zero attached hydrogens (tertiary/aromatic N) is 1.